The minimum Gasteiger partial charge on any atom is -0.497 e. The summed E-state index contributed by atoms with van der Waals surface area (Å²) in [5.41, 5.74) is 6.94. The summed E-state index contributed by atoms with van der Waals surface area (Å²) in [6.45, 7) is 1.88. The molecule has 0 spiro atoms. The predicted octanol–water partition coefficient (Wildman–Crippen LogP) is 4.09. The number of ether oxygens (including phenoxy) is 3. The molecule has 2 amide bonds. The smallest absolute Gasteiger partial charge is 0.251 e. The summed E-state index contributed by atoms with van der Waals surface area (Å²) in [7, 11) is 3.17. The monoisotopic (exact) mass is 420 g/mol. The number of primary amides is 1. The van der Waals surface area contributed by atoms with Crippen molar-refractivity contribution >= 4 is 11.8 Å². The van der Waals surface area contributed by atoms with Gasteiger partial charge in [-0.25, -0.2) is 0 Å². The lowest BCUT2D eigenvalue weighted by Gasteiger charge is -2.18. The molecular weight excluding hydrogens is 396 g/mol. The zero-order chi connectivity index (χ0) is 22.4. The van der Waals surface area contributed by atoms with Crippen LogP contribution in [-0.4, -0.2) is 26.0 Å². The maximum absolute atomic E-state index is 12.7. The third kappa shape index (κ3) is 5.33. The molecule has 3 aromatic carbocycles. The lowest BCUT2D eigenvalue weighted by atomic mass is 10.1. The lowest BCUT2D eigenvalue weighted by molar-refractivity contribution is 0.0938. The van der Waals surface area contributed by atoms with Crippen molar-refractivity contribution < 1.29 is 23.8 Å². The van der Waals surface area contributed by atoms with Crippen LogP contribution in [0.4, 0.5) is 0 Å². The molecule has 0 aliphatic rings. The molecule has 0 saturated carbocycles. The zero-order valence-corrected chi connectivity index (χ0v) is 17.5. The van der Waals surface area contributed by atoms with E-state index < -0.39 is 5.91 Å². The molecule has 31 heavy (non-hydrogen) atoms. The number of rotatable bonds is 8. The van der Waals surface area contributed by atoms with Crippen LogP contribution < -0.4 is 25.3 Å². The van der Waals surface area contributed by atoms with Gasteiger partial charge in [-0.05, 0) is 73.7 Å². The van der Waals surface area contributed by atoms with Gasteiger partial charge < -0.3 is 25.3 Å². The minimum atomic E-state index is -0.497. The first kappa shape index (κ1) is 21.7. The summed E-state index contributed by atoms with van der Waals surface area (Å²) in [4.78, 5) is 23.8. The van der Waals surface area contributed by atoms with E-state index in [-0.39, 0.29) is 11.9 Å². The summed E-state index contributed by atoms with van der Waals surface area (Å²) in [5.74, 6) is 1.74. The van der Waals surface area contributed by atoms with Crippen LogP contribution in [0.2, 0.25) is 0 Å². The summed E-state index contributed by atoms with van der Waals surface area (Å²) in [6.07, 6.45) is 0. The van der Waals surface area contributed by atoms with Crippen LogP contribution in [0.25, 0.3) is 0 Å². The Morgan fingerprint density at radius 3 is 1.87 bits per heavy atom. The summed E-state index contributed by atoms with van der Waals surface area (Å²) in [6, 6.07) is 18.4. The van der Waals surface area contributed by atoms with Gasteiger partial charge in [-0.2, -0.15) is 0 Å². The molecule has 0 heterocycles. The average molecular weight is 420 g/mol. The molecule has 0 aromatic heterocycles. The van der Waals surface area contributed by atoms with E-state index >= 15 is 0 Å². The van der Waals surface area contributed by atoms with E-state index in [1.165, 1.54) is 0 Å². The predicted molar refractivity (Wildman–Crippen MR) is 117 cm³/mol. The fourth-order valence-electron chi connectivity index (χ4n) is 3.03. The molecule has 0 radical (unpaired) electrons. The highest BCUT2D eigenvalue weighted by atomic mass is 16.5. The van der Waals surface area contributed by atoms with E-state index in [2.05, 4.69) is 5.32 Å². The van der Waals surface area contributed by atoms with Crippen LogP contribution in [0.15, 0.2) is 66.7 Å². The summed E-state index contributed by atoms with van der Waals surface area (Å²) >= 11 is 0. The standard InChI is InChI=1S/C24H24N2O5/c1-15(21-14-20(29-2)12-13-22(21)30-3)26-24(28)17-6-10-19(11-7-17)31-18-8-4-16(5-9-18)23(25)27/h4-15H,1-3H3,(H2,25,27)(H,26,28). The van der Waals surface area contributed by atoms with Gasteiger partial charge in [0.25, 0.3) is 5.91 Å². The van der Waals surface area contributed by atoms with Crippen LogP contribution in [0, 0.1) is 0 Å². The van der Waals surface area contributed by atoms with E-state index in [1.54, 1.807) is 74.9 Å². The second-order valence-corrected chi connectivity index (χ2v) is 6.82. The van der Waals surface area contributed by atoms with Gasteiger partial charge >= 0.3 is 0 Å². The fraction of sp³-hybridized carbons (Fsp3) is 0.167. The van der Waals surface area contributed by atoms with Crippen LogP contribution >= 0.6 is 0 Å². The molecule has 7 nitrogen and oxygen atoms in total. The van der Waals surface area contributed by atoms with E-state index in [9.17, 15) is 9.59 Å². The van der Waals surface area contributed by atoms with Gasteiger partial charge in [0, 0.05) is 16.7 Å². The minimum absolute atomic E-state index is 0.227. The molecule has 7 heteroatoms. The van der Waals surface area contributed by atoms with E-state index in [0.29, 0.717) is 34.1 Å². The summed E-state index contributed by atoms with van der Waals surface area (Å²) in [5, 5.41) is 2.97. The Kier molecular flexibility index (Phi) is 6.77. The van der Waals surface area contributed by atoms with Crippen LogP contribution in [0.3, 0.4) is 0 Å². The van der Waals surface area contributed by atoms with Crippen molar-refractivity contribution in [2.24, 2.45) is 5.73 Å². The highest BCUT2D eigenvalue weighted by Crippen LogP contribution is 2.29. The van der Waals surface area contributed by atoms with Crippen LogP contribution in [-0.2, 0) is 0 Å². The molecule has 3 aromatic rings. The Balaban J connectivity index is 1.67. The molecule has 160 valence electrons. The largest absolute Gasteiger partial charge is 0.497 e. The Morgan fingerprint density at radius 2 is 1.35 bits per heavy atom. The van der Waals surface area contributed by atoms with Crippen molar-refractivity contribution in [3.8, 4) is 23.0 Å². The van der Waals surface area contributed by atoms with Gasteiger partial charge in [0.1, 0.15) is 23.0 Å². The molecule has 0 aliphatic heterocycles. The van der Waals surface area contributed by atoms with Gasteiger partial charge in [0.2, 0.25) is 5.91 Å². The zero-order valence-electron chi connectivity index (χ0n) is 17.5. The van der Waals surface area contributed by atoms with Gasteiger partial charge in [0.05, 0.1) is 20.3 Å². The molecule has 3 rings (SSSR count). The van der Waals surface area contributed by atoms with Crippen molar-refractivity contribution in [3.05, 3.63) is 83.4 Å². The van der Waals surface area contributed by atoms with Crippen molar-refractivity contribution in [1.29, 1.82) is 0 Å². The Hall–Kier alpha value is -4.00. The topological polar surface area (TPSA) is 99.9 Å². The molecule has 0 fully saturated rings. The molecule has 0 bridgehead atoms. The third-order valence-corrected chi connectivity index (χ3v) is 4.74. The molecule has 1 unspecified atom stereocenters. The SMILES string of the molecule is COc1ccc(OC)c(C(C)NC(=O)c2ccc(Oc3ccc(C(N)=O)cc3)cc2)c1. The van der Waals surface area contributed by atoms with Crippen molar-refractivity contribution in [3.63, 3.8) is 0 Å². The molecular formula is C24H24N2O5. The Morgan fingerprint density at radius 1 is 0.806 bits per heavy atom. The Bertz CT molecular complexity index is 1060. The number of amides is 2. The third-order valence-electron chi connectivity index (χ3n) is 4.74. The highest BCUT2D eigenvalue weighted by Gasteiger charge is 2.16. The first-order valence-corrected chi connectivity index (χ1v) is 9.62. The first-order valence-electron chi connectivity index (χ1n) is 9.62. The number of hydrogen-bond acceptors (Lipinski definition) is 5. The number of carbonyl (C=O) groups is 2. The number of nitrogens with two attached hydrogens (primary N) is 1. The number of carbonyl (C=O) groups excluding carboxylic acids is 2. The molecule has 0 aliphatic carbocycles. The Labute approximate surface area is 180 Å². The maximum atomic E-state index is 12.7. The number of benzene rings is 3. The summed E-state index contributed by atoms with van der Waals surface area (Å²) < 4.78 is 16.4. The van der Waals surface area contributed by atoms with Crippen molar-refractivity contribution in [2.75, 3.05) is 14.2 Å². The van der Waals surface area contributed by atoms with E-state index in [0.717, 1.165) is 5.56 Å². The second kappa shape index (κ2) is 9.67. The number of methoxy groups -OCH3 is 2. The number of hydrogen-bond donors (Lipinski definition) is 2. The normalized spacial score (nSPS) is 11.3. The average Bonchev–Trinajstić information content (AvgIpc) is 2.79. The molecule has 1 atom stereocenters. The molecule has 3 N–H and O–H groups in total. The molecule has 0 saturated heterocycles. The van der Waals surface area contributed by atoms with Gasteiger partial charge in [0.15, 0.2) is 0 Å². The fourth-order valence-corrected chi connectivity index (χ4v) is 3.03. The van der Waals surface area contributed by atoms with Gasteiger partial charge in [-0.3, -0.25) is 9.59 Å². The van der Waals surface area contributed by atoms with Gasteiger partial charge in [-0.1, -0.05) is 0 Å². The highest BCUT2D eigenvalue weighted by molar-refractivity contribution is 5.94. The van der Waals surface area contributed by atoms with Crippen molar-refractivity contribution in [1.82, 2.24) is 5.32 Å². The second-order valence-electron chi connectivity index (χ2n) is 6.82. The lowest BCUT2D eigenvalue weighted by Crippen LogP contribution is -2.26. The van der Waals surface area contributed by atoms with E-state index in [4.69, 9.17) is 19.9 Å². The first-order chi connectivity index (χ1) is 14.9. The van der Waals surface area contributed by atoms with Crippen LogP contribution in [0.1, 0.15) is 39.2 Å². The quantitative estimate of drug-likeness (QED) is 0.572. The van der Waals surface area contributed by atoms with Crippen molar-refractivity contribution in [2.45, 2.75) is 13.0 Å². The van der Waals surface area contributed by atoms with E-state index in [1.807, 2.05) is 13.0 Å². The van der Waals surface area contributed by atoms with Gasteiger partial charge in [-0.15, -0.1) is 0 Å². The number of nitrogens with one attached hydrogen (secondary N) is 1. The maximum Gasteiger partial charge on any atom is 0.251 e. The van der Waals surface area contributed by atoms with Crippen LogP contribution in [0.5, 0.6) is 23.0 Å².